The fraction of sp³-hybridized carbons (Fsp3) is 0. The van der Waals surface area contributed by atoms with E-state index in [0.717, 1.165) is 0 Å². The predicted octanol–water partition coefficient (Wildman–Crippen LogP) is 3.71. The lowest BCUT2D eigenvalue weighted by atomic mass is 10.2. The maximum atomic E-state index is 13.0. The minimum absolute atomic E-state index is 0.138. The van der Waals surface area contributed by atoms with Crippen LogP contribution in [0, 0.1) is 27.3 Å². The van der Waals surface area contributed by atoms with Crippen molar-refractivity contribution in [3.05, 3.63) is 62.5 Å². The van der Waals surface area contributed by atoms with Crippen molar-refractivity contribution < 1.29 is 9.31 Å². The lowest BCUT2D eigenvalue weighted by molar-refractivity contribution is -0.385. The number of nitriles is 1. The van der Waals surface area contributed by atoms with Crippen LogP contribution in [0.3, 0.4) is 0 Å². The van der Waals surface area contributed by atoms with Gasteiger partial charge in [0, 0.05) is 11.5 Å². The van der Waals surface area contributed by atoms with E-state index in [0.29, 0.717) is 16.6 Å². The second kappa shape index (κ2) is 5.20. The fourth-order valence-corrected chi connectivity index (χ4v) is 2.60. The third-order valence-electron chi connectivity index (χ3n) is 3.11. The highest BCUT2D eigenvalue weighted by molar-refractivity contribution is 9.10. The Morgan fingerprint density at radius 3 is 2.59 bits per heavy atom. The zero-order valence-corrected chi connectivity index (χ0v) is 12.4. The first kappa shape index (κ1) is 14.2. The maximum absolute atomic E-state index is 13.0. The minimum atomic E-state index is -0.535. The Morgan fingerprint density at radius 1 is 1.32 bits per heavy atom. The van der Waals surface area contributed by atoms with Gasteiger partial charge in [-0.15, -0.1) is 0 Å². The van der Waals surface area contributed by atoms with Gasteiger partial charge in [0.15, 0.2) is 5.69 Å². The fourth-order valence-electron chi connectivity index (χ4n) is 2.11. The van der Waals surface area contributed by atoms with Crippen LogP contribution >= 0.6 is 15.9 Å². The molecule has 8 heteroatoms. The van der Waals surface area contributed by atoms with E-state index in [1.54, 1.807) is 0 Å². The molecule has 1 heterocycles. The summed E-state index contributed by atoms with van der Waals surface area (Å²) < 4.78 is 14.6. The van der Waals surface area contributed by atoms with Crippen LogP contribution in [-0.2, 0) is 0 Å². The summed E-state index contributed by atoms with van der Waals surface area (Å²) in [4.78, 5) is 10.4. The molecule has 22 heavy (non-hydrogen) atoms. The van der Waals surface area contributed by atoms with Gasteiger partial charge in [-0.25, -0.2) is 9.07 Å². The van der Waals surface area contributed by atoms with Crippen LogP contribution in [0.15, 0.2) is 40.9 Å². The van der Waals surface area contributed by atoms with Gasteiger partial charge in [0.05, 0.1) is 15.1 Å². The average Bonchev–Trinajstić information content (AvgIpc) is 2.84. The van der Waals surface area contributed by atoms with Gasteiger partial charge in [0.25, 0.3) is 5.69 Å². The Morgan fingerprint density at radius 2 is 2.00 bits per heavy atom. The van der Waals surface area contributed by atoms with Crippen LogP contribution in [-0.4, -0.2) is 14.7 Å². The first-order valence-corrected chi connectivity index (χ1v) is 6.83. The SMILES string of the molecule is N#Cc1c2cc(Br)c([N+](=O)[O-])cc2nn1-c1ccc(F)cc1. The van der Waals surface area contributed by atoms with Crippen LogP contribution in [0.5, 0.6) is 0 Å². The van der Waals surface area contributed by atoms with Gasteiger partial charge in [0.1, 0.15) is 17.4 Å². The second-order valence-electron chi connectivity index (χ2n) is 4.43. The molecule has 2 aromatic carbocycles. The summed E-state index contributed by atoms with van der Waals surface area (Å²) >= 11 is 3.12. The van der Waals surface area contributed by atoms with Crippen molar-refractivity contribution in [2.24, 2.45) is 0 Å². The highest BCUT2D eigenvalue weighted by Crippen LogP contribution is 2.32. The van der Waals surface area contributed by atoms with Crippen LogP contribution < -0.4 is 0 Å². The van der Waals surface area contributed by atoms with E-state index >= 15 is 0 Å². The van der Waals surface area contributed by atoms with Crippen molar-refractivity contribution in [1.29, 1.82) is 5.26 Å². The molecule has 0 atom stereocenters. The average molecular weight is 361 g/mol. The zero-order valence-electron chi connectivity index (χ0n) is 10.8. The summed E-state index contributed by atoms with van der Waals surface area (Å²) in [6.45, 7) is 0. The molecule has 0 aliphatic rings. The number of nitrogens with zero attached hydrogens (tertiary/aromatic N) is 4. The van der Waals surface area contributed by atoms with Gasteiger partial charge in [0.2, 0.25) is 0 Å². The Balaban J connectivity index is 2.30. The molecule has 0 amide bonds. The number of nitro groups is 1. The third-order valence-corrected chi connectivity index (χ3v) is 3.75. The topological polar surface area (TPSA) is 84.8 Å². The highest BCUT2D eigenvalue weighted by atomic mass is 79.9. The largest absolute Gasteiger partial charge is 0.285 e. The molecule has 0 bridgehead atoms. The Bertz CT molecular complexity index is 944. The molecule has 0 saturated heterocycles. The summed E-state index contributed by atoms with van der Waals surface area (Å²) in [5.41, 5.74) is 0.890. The van der Waals surface area contributed by atoms with E-state index < -0.39 is 10.7 Å². The van der Waals surface area contributed by atoms with Crippen molar-refractivity contribution >= 4 is 32.5 Å². The van der Waals surface area contributed by atoms with Crippen molar-refractivity contribution in [2.45, 2.75) is 0 Å². The summed E-state index contributed by atoms with van der Waals surface area (Å²) in [7, 11) is 0. The summed E-state index contributed by atoms with van der Waals surface area (Å²) in [5.74, 6) is -0.405. The number of fused-ring (bicyclic) bond motifs is 1. The van der Waals surface area contributed by atoms with Crippen molar-refractivity contribution in [3.8, 4) is 11.8 Å². The monoisotopic (exact) mass is 360 g/mol. The van der Waals surface area contributed by atoms with E-state index in [4.69, 9.17) is 0 Å². The molecule has 0 aliphatic carbocycles. The van der Waals surface area contributed by atoms with Gasteiger partial charge in [-0.05, 0) is 46.3 Å². The van der Waals surface area contributed by atoms with E-state index in [1.807, 2.05) is 6.07 Å². The molecule has 0 aliphatic heterocycles. The summed E-state index contributed by atoms with van der Waals surface area (Å²) in [6.07, 6.45) is 0. The number of hydrogen-bond donors (Lipinski definition) is 0. The van der Waals surface area contributed by atoms with Crippen LogP contribution in [0.25, 0.3) is 16.6 Å². The van der Waals surface area contributed by atoms with Gasteiger partial charge in [-0.2, -0.15) is 10.4 Å². The van der Waals surface area contributed by atoms with E-state index in [-0.39, 0.29) is 15.9 Å². The molecule has 6 nitrogen and oxygen atoms in total. The van der Waals surface area contributed by atoms with Crippen LogP contribution in [0.4, 0.5) is 10.1 Å². The van der Waals surface area contributed by atoms with Gasteiger partial charge in [-0.1, -0.05) is 0 Å². The van der Waals surface area contributed by atoms with Gasteiger partial charge < -0.3 is 0 Å². The maximum Gasteiger partial charge on any atom is 0.285 e. The van der Waals surface area contributed by atoms with Gasteiger partial charge in [-0.3, -0.25) is 10.1 Å². The number of halogens is 2. The Labute approximate surface area is 131 Å². The Kier molecular flexibility index (Phi) is 3.35. The first-order valence-electron chi connectivity index (χ1n) is 6.04. The lowest BCUT2D eigenvalue weighted by Crippen LogP contribution is -1.99. The molecule has 0 unspecified atom stereocenters. The molecule has 3 rings (SSSR count). The smallest absolute Gasteiger partial charge is 0.258 e. The van der Waals surface area contributed by atoms with E-state index in [9.17, 15) is 19.8 Å². The molecule has 0 radical (unpaired) electrons. The molecule has 0 spiro atoms. The Hall–Kier alpha value is -2.79. The van der Waals surface area contributed by atoms with Crippen molar-refractivity contribution in [1.82, 2.24) is 9.78 Å². The van der Waals surface area contributed by atoms with Crippen LogP contribution in [0.1, 0.15) is 5.69 Å². The molecule has 0 N–H and O–H groups in total. The van der Waals surface area contributed by atoms with E-state index in [2.05, 4.69) is 21.0 Å². The molecule has 3 aromatic rings. The first-order chi connectivity index (χ1) is 10.5. The number of nitro benzene ring substituents is 1. The molecule has 0 fully saturated rings. The lowest BCUT2D eigenvalue weighted by Gasteiger charge is -2.01. The molecule has 0 saturated carbocycles. The number of rotatable bonds is 2. The normalized spacial score (nSPS) is 10.6. The molecule has 108 valence electrons. The second-order valence-corrected chi connectivity index (χ2v) is 5.28. The zero-order chi connectivity index (χ0) is 15.9. The van der Waals surface area contributed by atoms with Crippen LogP contribution in [0.2, 0.25) is 0 Å². The van der Waals surface area contributed by atoms with E-state index in [1.165, 1.54) is 41.1 Å². The molecule has 1 aromatic heterocycles. The standard InChI is InChI=1S/C14H6BrFN4O2/c15-11-5-10-12(6-13(11)20(21)22)18-19(14(10)7-17)9-3-1-8(16)2-4-9/h1-6H. The number of hydrogen-bond acceptors (Lipinski definition) is 4. The predicted molar refractivity (Wildman–Crippen MR) is 80.1 cm³/mol. The highest BCUT2D eigenvalue weighted by Gasteiger charge is 2.19. The van der Waals surface area contributed by atoms with Crippen molar-refractivity contribution in [3.63, 3.8) is 0 Å². The third kappa shape index (κ3) is 2.21. The van der Waals surface area contributed by atoms with Gasteiger partial charge >= 0.3 is 0 Å². The molecular formula is C14H6BrFN4O2. The minimum Gasteiger partial charge on any atom is -0.258 e. The van der Waals surface area contributed by atoms with Crippen molar-refractivity contribution in [2.75, 3.05) is 0 Å². The quantitative estimate of drug-likeness (QED) is 0.515. The summed E-state index contributed by atoms with van der Waals surface area (Å²) in [6, 6.07) is 10.3. The number of benzene rings is 2. The number of aromatic nitrogens is 2. The molecular weight excluding hydrogens is 355 g/mol. The summed E-state index contributed by atoms with van der Waals surface area (Å²) in [5, 5.41) is 25.0.